The van der Waals surface area contributed by atoms with Gasteiger partial charge in [-0.2, -0.15) is 0 Å². The second-order valence-corrected chi connectivity index (χ2v) is 7.10. The molecule has 0 spiro atoms. The van der Waals surface area contributed by atoms with E-state index in [2.05, 4.69) is 25.9 Å². The summed E-state index contributed by atoms with van der Waals surface area (Å²) in [7, 11) is 0. The molecule has 7 heteroatoms. The minimum Gasteiger partial charge on any atom is -0.323 e. The molecule has 2 unspecified atom stereocenters. The Morgan fingerprint density at radius 2 is 1.93 bits per heavy atom. The van der Waals surface area contributed by atoms with Crippen LogP contribution in [0, 0.1) is 13.8 Å². The second-order valence-electron chi connectivity index (χ2n) is 6.69. The third-order valence-electron chi connectivity index (χ3n) is 4.74. The average Bonchev–Trinajstić information content (AvgIpc) is 2.62. The van der Waals surface area contributed by atoms with Crippen LogP contribution in [0.3, 0.4) is 0 Å². The molecule has 2 atom stereocenters. The summed E-state index contributed by atoms with van der Waals surface area (Å²) in [4.78, 5) is 21.4. The fourth-order valence-electron chi connectivity index (χ4n) is 3.39. The third kappa shape index (κ3) is 3.59. The Morgan fingerprint density at radius 3 is 2.74 bits per heavy atom. The van der Waals surface area contributed by atoms with Crippen LogP contribution in [0.15, 0.2) is 42.5 Å². The minimum atomic E-state index is -0.492. The molecule has 0 bridgehead atoms. The lowest BCUT2D eigenvalue weighted by atomic mass is 10.0. The fraction of sp³-hybridized carbons (Fsp3) is 0.250. The number of carbonyl (C=O) groups is 1. The van der Waals surface area contributed by atoms with E-state index in [9.17, 15) is 4.79 Å². The van der Waals surface area contributed by atoms with E-state index in [-0.39, 0.29) is 11.9 Å². The first-order valence-electron chi connectivity index (χ1n) is 8.81. The molecule has 2 heterocycles. The lowest BCUT2D eigenvalue weighted by Crippen LogP contribution is -2.57. The average molecular weight is 382 g/mol. The number of fused-ring (bicyclic) bond motifs is 1. The van der Waals surface area contributed by atoms with Crippen LogP contribution in [0.25, 0.3) is 10.9 Å². The van der Waals surface area contributed by atoms with Crippen LogP contribution in [-0.2, 0) is 4.79 Å². The third-order valence-corrected chi connectivity index (χ3v) is 5.08. The highest BCUT2D eigenvalue weighted by Gasteiger charge is 2.28. The van der Waals surface area contributed by atoms with Gasteiger partial charge in [0.15, 0.2) is 6.29 Å². The number of nitrogens with zero attached hydrogens (tertiary/aromatic N) is 2. The van der Waals surface area contributed by atoms with Gasteiger partial charge in [0.05, 0.1) is 11.2 Å². The van der Waals surface area contributed by atoms with Crippen LogP contribution < -0.4 is 16.0 Å². The standard InChI is InChI=1S/C20H20ClN5O/c1-11-6-5-8-13-12(2)22-19(25-18(11)13)26-20-23-16(10-17(27)24-20)14-7-3-4-9-15(14)21/h3-9,16,20,23H,10H2,1-2H3,(H,24,27)(H,22,25,26). The summed E-state index contributed by atoms with van der Waals surface area (Å²) in [5, 5.41) is 11.1. The van der Waals surface area contributed by atoms with Crippen molar-refractivity contribution in [2.24, 2.45) is 0 Å². The lowest BCUT2D eigenvalue weighted by Gasteiger charge is -2.32. The lowest BCUT2D eigenvalue weighted by molar-refractivity contribution is -0.124. The number of amides is 1. The highest BCUT2D eigenvalue weighted by Crippen LogP contribution is 2.27. The molecule has 0 saturated carbocycles. The minimum absolute atomic E-state index is 0.0649. The number of halogens is 1. The Morgan fingerprint density at radius 1 is 1.11 bits per heavy atom. The maximum atomic E-state index is 12.2. The van der Waals surface area contributed by atoms with Crippen molar-refractivity contribution in [1.29, 1.82) is 0 Å². The summed E-state index contributed by atoms with van der Waals surface area (Å²) < 4.78 is 0. The molecule has 1 aliphatic rings. The van der Waals surface area contributed by atoms with Crippen LogP contribution in [0.2, 0.25) is 5.02 Å². The zero-order chi connectivity index (χ0) is 19.0. The molecule has 6 nitrogen and oxygen atoms in total. The van der Waals surface area contributed by atoms with Gasteiger partial charge in [0, 0.05) is 22.9 Å². The van der Waals surface area contributed by atoms with Crippen LogP contribution >= 0.6 is 11.6 Å². The zero-order valence-corrected chi connectivity index (χ0v) is 15.8. The number of para-hydroxylation sites is 1. The molecule has 27 heavy (non-hydrogen) atoms. The molecule has 3 aromatic rings. The van der Waals surface area contributed by atoms with E-state index in [4.69, 9.17) is 11.6 Å². The summed E-state index contributed by atoms with van der Waals surface area (Å²) in [5.41, 5.74) is 3.76. The monoisotopic (exact) mass is 381 g/mol. The van der Waals surface area contributed by atoms with Crippen LogP contribution in [-0.4, -0.2) is 22.2 Å². The van der Waals surface area contributed by atoms with E-state index >= 15 is 0 Å². The largest absolute Gasteiger partial charge is 0.323 e. The number of hydrogen-bond acceptors (Lipinski definition) is 5. The van der Waals surface area contributed by atoms with Gasteiger partial charge in [-0.15, -0.1) is 0 Å². The SMILES string of the molecule is Cc1nc(NC2NC(=O)CC(c3ccccc3Cl)N2)nc2c(C)cccc12. The topological polar surface area (TPSA) is 78.9 Å². The van der Waals surface area contributed by atoms with Gasteiger partial charge in [-0.3, -0.25) is 10.1 Å². The van der Waals surface area contributed by atoms with Crippen molar-refractivity contribution >= 4 is 34.4 Å². The Bertz CT molecular complexity index is 1020. The van der Waals surface area contributed by atoms with Crippen molar-refractivity contribution in [1.82, 2.24) is 20.6 Å². The van der Waals surface area contributed by atoms with E-state index in [0.29, 0.717) is 17.4 Å². The number of aromatic nitrogens is 2. The van der Waals surface area contributed by atoms with Crippen molar-refractivity contribution < 1.29 is 4.79 Å². The van der Waals surface area contributed by atoms with E-state index in [1.807, 2.05) is 56.3 Å². The normalized spacial score (nSPS) is 19.7. The molecule has 3 N–H and O–H groups in total. The molecule has 1 aromatic heterocycles. The summed E-state index contributed by atoms with van der Waals surface area (Å²) >= 11 is 6.30. The van der Waals surface area contributed by atoms with Gasteiger partial charge in [0.2, 0.25) is 11.9 Å². The Hall–Kier alpha value is -2.70. The van der Waals surface area contributed by atoms with Gasteiger partial charge in [0.25, 0.3) is 0 Å². The fourth-order valence-corrected chi connectivity index (χ4v) is 3.65. The highest BCUT2D eigenvalue weighted by atomic mass is 35.5. The van der Waals surface area contributed by atoms with E-state index < -0.39 is 6.29 Å². The molecule has 0 aliphatic carbocycles. The van der Waals surface area contributed by atoms with Crippen molar-refractivity contribution in [3.05, 3.63) is 64.3 Å². The number of hydrogen-bond donors (Lipinski definition) is 3. The molecule has 138 valence electrons. The molecular weight excluding hydrogens is 362 g/mol. The highest BCUT2D eigenvalue weighted by molar-refractivity contribution is 6.31. The van der Waals surface area contributed by atoms with Gasteiger partial charge in [-0.1, -0.05) is 48.0 Å². The first kappa shape index (κ1) is 17.7. The number of nitrogens with one attached hydrogen (secondary N) is 3. The summed E-state index contributed by atoms with van der Waals surface area (Å²) in [5.74, 6) is 0.400. The number of rotatable bonds is 3. The quantitative estimate of drug-likeness (QED) is 0.647. The summed E-state index contributed by atoms with van der Waals surface area (Å²) in [6.07, 6.45) is -0.174. The first-order chi connectivity index (χ1) is 13.0. The van der Waals surface area contributed by atoms with Crippen LogP contribution in [0.4, 0.5) is 5.95 Å². The Balaban J connectivity index is 1.60. The van der Waals surface area contributed by atoms with Crippen LogP contribution in [0.1, 0.15) is 29.3 Å². The molecule has 0 radical (unpaired) electrons. The molecule has 1 aliphatic heterocycles. The van der Waals surface area contributed by atoms with Gasteiger partial charge < -0.3 is 10.6 Å². The van der Waals surface area contributed by atoms with Gasteiger partial charge in [0.1, 0.15) is 0 Å². The van der Waals surface area contributed by atoms with Crippen molar-refractivity contribution in [2.75, 3.05) is 5.32 Å². The van der Waals surface area contributed by atoms with E-state index in [1.54, 1.807) is 0 Å². The van der Waals surface area contributed by atoms with Gasteiger partial charge >= 0.3 is 0 Å². The van der Waals surface area contributed by atoms with Gasteiger partial charge in [-0.25, -0.2) is 9.97 Å². The summed E-state index contributed by atoms with van der Waals surface area (Å²) in [6, 6.07) is 13.4. The molecule has 1 amide bonds. The number of aryl methyl sites for hydroxylation is 2. The Kier molecular flexibility index (Phi) is 4.68. The molecular formula is C20H20ClN5O. The maximum absolute atomic E-state index is 12.2. The van der Waals surface area contributed by atoms with E-state index in [0.717, 1.165) is 27.7 Å². The van der Waals surface area contributed by atoms with Crippen molar-refractivity contribution in [3.63, 3.8) is 0 Å². The number of benzene rings is 2. The first-order valence-corrected chi connectivity index (χ1v) is 9.19. The second kappa shape index (κ2) is 7.13. The predicted molar refractivity (Wildman–Crippen MR) is 107 cm³/mol. The van der Waals surface area contributed by atoms with Gasteiger partial charge in [-0.05, 0) is 31.0 Å². The number of carbonyl (C=O) groups excluding carboxylic acids is 1. The van der Waals surface area contributed by atoms with Crippen LogP contribution in [0.5, 0.6) is 0 Å². The molecule has 4 rings (SSSR count). The predicted octanol–water partition coefficient (Wildman–Crippen LogP) is 3.45. The summed E-state index contributed by atoms with van der Waals surface area (Å²) in [6.45, 7) is 3.97. The molecule has 2 aromatic carbocycles. The zero-order valence-electron chi connectivity index (χ0n) is 15.1. The molecule has 1 saturated heterocycles. The van der Waals surface area contributed by atoms with Crippen molar-refractivity contribution in [3.8, 4) is 0 Å². The van der Waals surface area contributed by atoms with E-state index in [1.165, 1.54) is 0 Å². The maximum Gasteiger partial charge on any atom is 0.226 e. The van der Waals surface area contributed by atoms with Crippen molar-refractivity contribution in [2.45, 2.75) is 32.6 Å². The Labute approximate surface area is 162 Å². The smallest absolute Gasteiger partial charge is 0.226 e. The molecule has 1 fully saturated rings. The number of anilines is 1.